The zero-order valence-electron chi connectivity index (χ0n) is 64.4. The number of nitro groups is 3. The first kappa shape index (κ1) is 80.4. The molecule has 13 rings (SSSR count). The summed E-state index contributed by atoms with van der Waals surface area (Å²) in [7, 11) is 12.4. The van der Waals surface area contributed by atoms with E-state index in [0.717, 1.165) is 23.2 Å². The number of pyridine rings is 3. The summed E-state index contributed by atoms with van der Waals surface area (Å²) >= 11 is 0. The Labute approximate surface area is 645 Å². The summed E-state index contributed by atoms with van der Waals surface area (Å²) in [5.41, 5.74) is 4.66. The van der Waals surface area contributed by atoms with E-state index in [9.17, 15) is 63.5 Å². The number of amides is 3. The Hall–Kier alpha value is -12.6. The van der Waals surface area contributed by atoms with Crippen molar-refractivity contribution in [3.63, 3.8) is 0 Å². The molecule has 586 valence electrons. The quantitative estimate of drug-likeness (QED) is 0.0477. The van der Waals surface area contributed by atoms with E-state index in [-0.39, 0.29) is 30.0 Å². The normalized spacial score (nSPS) is 13.8. The average molecular weight is 1530 g/mol. The summed E-state index contributed by atoms with van der Waals surface area (Å²) in [5.74, 6) is 1.25. The molecule has 0 spiro atoms. The fraction of sp³-hybridized carbons (Fsp3) is 0.341. The minimum absolute atomic E-state index is 0.0595. The van der Waals surface area contributed by atoms with E-state index in [2.05, 4.69) is 0 Å². The molecule has 10 aromatic rings. The lowest BCUT2D eigenvalue weighted by molar-refractivity contribution is -0.385. The lowest BCUT2D eigenvalue weighted by Crippen LogP contribution is -2.49. The first-order chi connectivity index (χ1) is 53.7. The van der Waals surface area contributed by atoms with Crippen molar-refractivity contribution in [2.45, 2.75) is 46.8 Å². The fourth-order valence-electron chi connectivity index (χ4n) is 14.4. The van der Waals surface area contributed by atoms with Gasteiger partial charge in [0.25, 0.3) is 17.7 Å². The van der Waals surface area contributed by atoms with Gasteiger partial charge < -0.3 is 62.5 Å². The number of aromatic nitrogens is 3. The number of likely N-dealkylation sites (N-methyl/N-ethyl adjacent to an activating group) is 1. The zero-order chi connectivity index (χ0) is 80.4. The lowest BCUT2D eigenvalue weighted by Gasteiger charge is -2.36. The van der Waals surface area contributed by atoms with E-state index in [1.165, 1.54) is 25.8 Å². The second-order valence-corrected chi connectivity index (χ2v) is 28.3. The lowest BCUT2D eigenvalue weighted by atomic mass is 10.1. The van der Waals surface area contributed by atoms with Gasteiger partial charge in [-0.05, 0) is 189 Å². The highest BCUT2D eigenvalue weighted by atomic mass is 19.1. The van der Waals surface area contributed by atoms with Crippen LogP contribution in [0, 0.1) is 56.9 Å². The van der Waals surface area contributed by atoms with Gasteiger partial charge in [-0.15, -0.1) is 0 Å². The number of aryl methyl sites for hydroxylation is 4. The Kier molecular flexibility index (Phi) is 25.4. The minimum atomic E-state index is -0.729. The maximum absolute atomic E-state index is 13.6. The number of carbonyl (C=O) groups excluding carboxylic acids is 3. The Bertz CT molecular complexity index is 5360. The van der Waals surface area contributed by atoms with Gasteiger partial charge in [-0.1, -0.05) is 47.0 Å². The molecule has 3 amide bonds. The van der Waals surface area contributed by atoms with Crippen LogP contribution in [0.2, 0.25) is 0 Å². The summed E-state index contributed by atoms with van der Waals surface area (Å²) in [6, 6.07) is 43.3. The van der Waals surface area contributed by atoms with Crippen LogP contribution in [0.3, 0.4) is 0 Å². The van der Waals surface area contributed by atoms with Crippen molar-refractivity contribution in [1.29, 1.82) is 0 Å². The van der Waals surface area contributed by atoms with Crippen molar-refractivity contribution < 1.29 is 47.8 Å². The highest BCUT2D eigenvalue weighted by Crippen LogP contribution is 2.39. The highest BCUT2D eigenvalue weighted by molar-refractivity contribution is 6.01. The zero-order valence-corrected chi connectivity index (χ0v) is 64.4. The molecule has 0 atom stereocenters. The summed E-state index contributed by atoms with van der Waals surface area (Å²) in [6.07, 6.45) is 0.693. The maximum atomic E-state index is 13.6. The number of methoxy groups -OCH3 is 3. The third-order valence-corrected chi connectivity index (χ3v) is 20.3. The van der Waals surface area contributed by atoms with Crippen molar-refractivity contribution in [2.24, 2.45) is 0 Å². The first-order valence-corrected chi connectivity index (χ1v) is 36.7. The Balaban J connectivity index is 0.000000166. The fourth-order valence-corrected chi connectivity index (χ4v) is 14.4. The Morgan fingerprint density at radius 3 is 0.991 bits per heavy atom. The van der Waals surface area contributed by atoms with E-state index in [4.69, 9.17) is 14.2 Å². The molecule has 0 bridgehead atoms. The monoisotopic (exact) mass is 1530 g/mol. The molecule has 0 unspecified atom stereocenters. The molecular formula is C82H91FN14O15. The topological polar surface area (TPSA) is 300 Å². The average Bonchev–Trinajstić information content (AvgIpc) is 0.757. The maximum Gasteiger partial charge on any atom is 0.357 e. The first-order valence-electron chi connectivity index (χ1n) is 36.7. The van der Waals surface area contributed by atoms with Crippen LogP contribution in [0.25, 0.3) is 32.7 Å². The number of benzene rings is 7. The van der Waals surface area contributed by atoms with Crippen LogP contribution in [-0.2, 0) is 19.6 Å². The smallest absolute Gasteiger partial charge is 0.357 e. The van der Waals surface area contributed by atoms with Crippen LogP contribution in [0.1, 0.15) is 59.7 Å². The number of piperazine rings is 3. The van der Waals surface area contributed by atoms with Gasteiger partial charge in [0.2, 0.25) is 0 Å². The van der Waals surface area contributed by atoms with Crippen LogP contribution in [0.5, 0.6) is 17.2 Å². The third kappa shape index (κ3) is 17.8. The molecule has 0 N–H and O–H groups in total. The summed E-state index contributed by atoms with van der Waals surface area (Å²) < 4.78 is 33.3. The molecule has 3 aromatic heterocycles. The molecule has 112 heavy (non-hydrogen) atoms. The van der Waals surface area contributed by atoms with Crippen LogP contribution >= 0.6 is 0 Å². The number of halogens is 1. The molecule has 6 heterocycles. The van der Waals surface area contributed by atoms with E-state index >= 15 is 0 Å². The molecule has 30 heteroatoms. The molecule has 7 aromatic carbocycles. The second-order valence-electron chi connectivity index (χ2n) is 28.3. The molecule has 3 saturated heterocycles. The van der Waals surface area contributed by atoms with Gasteiger partial charge in [0.05, 0.1) is 59.2 Å². The van der Waals surface area contributed by atoms with Crippen LogP contribution < -0.4 is 45.6 Å². The summed E-state index contributed by atoms with van der Waals surface area (Å²) in [4.78, 5) is 129. The van der Waals surface area contributed by atoms with Gasteiger partial charge in [0, 0.05) is 131 Å². The van der Waals surface area contributed by atoms with Crippen LogP contribution in [-0.4, -0.2) is 212 Å². The number of nitrogens with zero attached hydrogens (tertiary/aromatic N) is 14. The number of ether oxygens (including phenoxy) is 3. The minimum Gasteiger partial charge on any atom is -0.497 e. The van der Waals surface area contributed by atoms with Crippen LogP contribution in [0.15, 0.2) is 166 Å². The van der Waals surface area contributed by atoms with Gasteiger partial charge in [-0.2, -0.15) is 0 Å². The summed E-state index contributed by atoms with van der Waals surface area (Å²) in [5, 5.41) is 38.7. The Morgan fingerprint density at radius 2 is 0.696 bits per heavy atom. The van der Waals surface area contributed by atoms with Crippen LogP contribution in [0.4, 0.5) is 38.5 Å². The predicted molar refractivity (Wildman–Crippen MR) is 429 cm³/mol. The molecule has 29 nitrogen and oxygen atoms in total. The van der Waals surface area contributed by atoms with E-state index in [1.54, 1.807) is 127 Å². The Morgan fingerprint density at radius 1 is 0.402 bits per heavy atom. The molecule has 0 radical (unpaired) electrons. The van der Waals surface area contributed by atoms with Crippen molar-refractivity contribution in [1.82, 2.24) is 38.2 Å². The van der Waals surface area contributed by atoms with E-state index < -0.39 is 54.3 Å². The number of rotatable bonds is 21. The number of hydrogen-bond acceptors (Lipinski definition) is 20. The van der Waals surface area contributed by atoms with Gasteiger partial charge in [-0.25, -0.2) is 4.39 Å². The largest absolute Gasteiger partial charge is 0.497 e. The van der Waals surface area contributed by atoms with Crippen molar-refractivity contribution in [3.8, 4) is 17.2 Å². The molecule has 0 aliphatic carbocycles. The molecule has 3 fully saturated rings. The summed E-state index contributed by atoms with van der Waals surface area (Å²) in [6.45, 7) is 12.3. The molecular weight excluding hydrogens is 1440 g/mol. The van der Waals surface area contributed by atoms with E-state index in [0.29, 0.717) is 188 Å². The number of hydrogen-bond donors (Lipinski definition) is 0. The SMILES string of the molecule is COc1ccc(C(=O)N2CCN(c3c([N+](=O)[O-])c(=O)n(CCCN(C)C)c4ccc(C)cc34)CC2)cc1.COc1ccc(C(=O)N2CCN(c3c([N+](=O)[O-])c(=O)n(CCN(C)C)c4ccc(C)cc34)CC2)cc1.COc1ccc(C(=O)N2CCN(c3c([N+](=O)[O-])c(=O)n(Cc4ccc(F)cc4)c4ccc(C)cc34)CC2)cc1. The van der Waals surface area contributed by atoms with Gasteiger partial charge in [0.15, 0.2) is 0 Å². The van der Waals surface area contributed by atoms with Gasteiger partial charge >= 0.3 is 33.7 Å². The van der Waals surface area contributed by atoms with Gasteiger partial charge in [0.1, 0.15) is 40.1 Å². The van der Waals surface area contributed by atoms with Gasteiger partial charge in [-0.3, -0.25) is 63.7 Å². The number of anilines is 3. The number of carbonyl (C=O) groups is 3. The van der Waals surface area contributed by atoms with E-state index in [1.807, 2.05) is 122 Å². The third-order valence-electron chi connectivity index (χ3n) is 20.3. The standard InChI is InChI=1S/C29H27FN4O5.C27H33N5O5.C26H31N5O5/c1-19-3-12-25-24(17-19)26(27(34(37)38)29(36)33(25)18-20-4-8-22(30)9-5-20)31-13-15-32(16-14-31)28(35)21-6-10-23(39-2)11-7-21;1-19-6-11-23-22(18-19)24(25(32(35)36)27(34)31(23)13-5-12-28(2)3)29-14-16-30(17-15-29)26(33)20-7-9-21(37-4)10-8-20;1-18-5-10-22-21(17-18)23(24(31(34)35)26(33)30(22)16-11-27(2)3)28-12-14-29(15-13-28)25(32)19-6-8-20(36-4)9-7-19/h3-12,17H,13-16,18H2,1-2H3;6-11,18H,5,12-17H2,1-4H3;5-10,17H,11-16H2,1-4H3. The molecule has 3 aliphatic rings. The van der Waals surface area contributed by atoms with Crippen molar-refractivity contribution >= 4 is 84.6 Å². The predicted octanol–water partition coefficient (Wildman–Crippen LogP) is 10.3. The molecule has 3 aliphatic heterocycles. The molecule has 0 saturated carbocycles. The van der Waals surface area contributed by atoms with Crippen molar-refractivity contribution in [2.75, 3.05) is 156 Å². The second kappa shape index (κ2) is 35.4. The number of fused-ring (bicyclic) bond motifs is 3. The van der Waals surface area contributed by atoms with Crippen molar-refractivity contribution in [3.05, 3.63) is 258 Å². The highest BCUT2D eigenvalue weighted by Gasteiger charge is 2.37.